The molecule has 0 spiro atoms. The lowest BCUT2D eigenvalue weighted by Gasteiger charge is -2.25. The normalized spacial score (nSPS) is 15.9. The molecule has 0 atom stereocenters. The van der Waals surface area contributed by atoms with Crippen molar-refractivity contribution < 1.29 is 13.3 Å². The lowest BCUT2D eigenvalue weighted by molar-refractivity contribution is -0.388. The molecular weight excluding hydrogens is 378 g/mol. The number of aryl methyl sites for hydroxylation is 1. The Labute approximate surface area is 155 Å². The Morgan fingerprint density at radius 3 is 2.46 bits per heavy atom. The number of nitro groups is 1. The summed E-state index contributed by atoms with van der Waals surface area (Å²) in [5, 5.41) is 19.9. The van der Waals surface area contributed by atoms with E-state index >= 15 is 0 Å². The molecule has 0 N–H and O–H groups in total. The number of piperidine rings is 1. The minimum Gasteiger partial charge on any atom is -0.309 e. The third-order valence-electron chi connectivity index (χ3n) is 4.33. The summed E-state index contributed by atoms with van der Waals surface area (Å²) in [7, 11) is -1.96. The summed E-state index contributed by atoms with van der Waals surface area (Å²) in [4.78, 5) is 11.2. The Bertz CT molecular complexity index is 936. The van der Waals surface area contributed by atoms with Gasteiger partial charge in [0.2, 0.25) is 10.0 Å². The van der Waals surface area contributed by atoms with Gasteiger partial charge in [0.15, 0.2) is 5.16 Å². The van der Waals surface area contributed by atoms with Crippen LogP contribution in [0.4, 0.5) is 5.69 Å². The number of hydrogen-bond acceptors (Lipinski definition) is 7. The Hall–Kier alpha value is -1.98. The SMILES string of the molecule is Cc1nnc(Sc2ccc(S(=O)(=O)N3CCCCC3)cc2[N+](=O)[O-])n1C. The highest BCUT2D eigenvalue weighted by molar-refractivity contribution is 7.99. The maximum atomic E-state index is 12.8. The molecule has 140 valence electrons. The highest BCUT2D eigenvalue weighted by Crippen LogP contribution is 2.36. The maximum absolute atomic E-state index is 12.8. The van der Waals surface area contributed by atoms with Crippen LogP contribution in [0.3, 0.4) is 0 Å². The molecule has 0 unspecified atom stereocenters. The van der Waals surface area contributed by atoms with Gasteiger partial charge in [-0.25, -0.2) is 8.42 Å². The van der Waals surface area contributed by atoms with Gasteiger partial charge >= 0.3 is 0 Å². The zero-order valence-electron chi connectivity index (χ0n) is 14.5. The topological polar surface area (TPSA) is 111 Å². The Balaban J connectivity index is 1.96. The Kier molecular flexibility index (Phi) is 5.30. The largest absolute Gasteiger partial charge is 0.309 e. The zero-order chi connectivity index (χ0) is 18.9. The second-order valence-corrected chi connectivity index (χ2v) is 8.99. The van der Waals surface area contributed by atoms with E-state index in [9.17, 15) is 18.5 Å². The van der Waals surface area contributed by atoms with Crippen LogP contribution in [0.5, 0.6) is 0 Å². The van der Waals surface area contributed by atoms with Gasteiger partial charge in [-0.05, 0) is 43.7 Å². The van der Waals surface area contributed by atoms with Crippen LogP contribution in [0.2, 0.25) is 0 Å². The average Bonchev–Trinajstić information content (AvgIpc) is 2.94. The van der Waals surface area contributed by atoms with Gasteiger partial charge in [0.1, 0.15) is 5.82 Å². The van der Waals surface area contributed by atoms with Gasteiger partial charge in [0.25, 0.3) is 5.69 Å². The van der Waals surface area contributed by atoms with Gasteiger partial charge < -0.3 is 4.57 Å². The van der Waals surface area contributed by atoms with Crippen LogP contribution in [0.25, 0.3) is 0 Å². The number of benzene rings is 1. The summed E-state index contributed by atoms with van der Waals surface area (Å²) in [6.45, 7) is 2.68. The molecule has 0 aliphatic carbocycles. The van der Waals surface area contributed by atoms with E-state index in [1.807, 2.05) is 0 Å². The van der Waals surface area contributed by atoms with Gasteiger partial charge in [-0.3, -0.25) is 10.1 Å². The molecule has 1 saturated heterocycles. The third kappa shape index (κ3) is 3.60. The van der Waals surface area contributed by atoms with E-state index in [1.54, 1.807) is 18.5 Å². The average molecular weight is 397 g/mol. The molecule has 1 fully saturated rings. The lowest BCUT2D eigenvalue weighted by atomic mass is 10.2. The molecule has 1 aromatic heterocycles. The summed E-state index contributed by atoms with van der Waals surface area (Å²) in [6.07, 6.45) is 2.61. The van der Waals surface area contributed by atoms with Crippen LogP contribution in [0, 0.1) is 17.0 Å². The predicted molar refractivity (Wildman–Crippen MR) is 95.6 cm³/mol. The molecule has 3 rings (SSSR count). The van der Waals surface area contributed by atoms with Gasteiger partial charge in [-0.15, -0.1) is 10.2 Å². The van der Waals surface area contributed by atoms with E-state index in [0.717, 1.165) is 37.1 Å². The molecule has 0 saturated carbocycles. The Morgan fingerprint density at radius 1 is 1.19 bits per heavy atom. The molecule has 2 heterocycles. The minimum absolute atomic E-state index is 0.0513. The van der Waals surface area contributed by atoms with Crippen molar-refractivity contribution in [2.24, 2.45) is 7.05 Å². The number of nitrogens with zero attached hydrogens (tertiary/aromatic N) is 5. The number of nitro benzene ring substituents is 1. The van der Waals surface area contributed by atoms with E-state index in [0.29, 0.717) is 29.0 Å². The first-order valence-corrected chi connectivity index (χ1v) is 10.4. The van der Waals surface area contributed by atoms with Crippen LogP contribution < -0.4 is 0 Å². The fourth-order valence-corrected chi connectivity index (χ4v) is 5.18. The Morgan fingerprint density at radius 2 is 1.88 bits per heavy atom. The van der Waals surface area contributed by atoms with Crippen LogP contribution in [-0.4, -0.2) is 45.5 Å². The van der Waals surface area contributed by atoms with Crippen molar-refractivity contribution >= 4 is 27.5 Å². The molecule has 2 aromatic rings. The van der Waals surface area contributed by atoms with Crippen molar-refractivity contribution in [3.05, 3.63) is 34.1 Å². The summed E-state index contributed by atoms with van der Waals surface area (Å²) in [5.41, 5.74) is -0.256. The standard InChI is InChI=1S/C15H19N5O4S2/c1-11-16-17-15(18(11)2)25-14-7-6-12(10-13(14)20(21)22)26(23,24)19-8-4-3-5-9-19/h6-7,10H,3-5,8-9H2,1-2H3. The van der Waals surface area contributed by atoms with E-state index < -0.39 is 14.9 Å². The first-order chi connectivity index (χ1) is 12.3. The third-order valence-corrected chi connectivity index (χ3v) is 7.33. The summed E-state index contributed by atoms with van der Waals surface area (Å²) in [5.74, 6) is 0.680. The van der Waals surface area contributed by atoms with Crippen molar-refractivity contribution in [2.45, 2.75) is 41.1 Å². The lowest BCUT2D eigenvalue weighted by Crippen LogP contribution is -2.35. The maximum Gasteiger partial charge on any atom is 0.284 e. The minimum atomic E-state index is -3.73. The van der Waals surface area contributed by atoms with Crippen molar-refractivity contribution in [3.8, 4) is 0 Å². The molecule has 0 bridgehead atoms. The molecule has 1 aliphatic heterocycles. The van der Waals surface area contributed by atoms with E-state index in [4.69, 9.17) is 0 Å². The smallest absolute Gasteiger partial charge is 0.284 e. The quantitative estimate of drug-likeness (QED) is 0.562. The van der Waals surface area contributed by atoms with Gasteiger partial charge in [-0.2, -0.15) is 4.31 Å². The van der Waals surface area contributed by atoms with Crippen molar-refractivity contribution in [1.29, 1.82) is 0 Å². The van der Waals surface area contributed by atoms with Crippen molar-refractivity contribution in [2.75, 3.05) is 13.1 Å². The van der Waals surface area contributed by atoms with Crippen LogP contribution in [0.15, 0.2) is 33.1 Å². The summed E-state index contributed by atoms with van der Waals surface area (Å²) in [6, 6.07) is 4.02. The van der Waals surface area contributed by atoms with Crippen LogP contribution in [-0.2, 0) is 17.1 Å². The summed E-state index contributed by atoms with van der Waals surface area (Å²) >= 11 is 1.08. The number of hydrogen-bond donors (Lipinski definition) is 0. The first kappa shape index (κ1) is 18.8. The van der Waals surface area contributed by atoms with Crippen molar-refractivity contribution in [3.63, 3.8) is 0 Å². The van der Waals surface area contributed by atoms with E-state index in [1.165, 1.54) is 16.4 Å². The summed E-state index contributed by atoms with van der Waals surface area (Å²) < 4.78 is 28.6. The van der Waals surface area contributed by atoms with E-state index in [-0.39, 0.29) is 10.6 Å². The van der Waals surface area contributed by atoms with Crippen LogP contribution >= 0.6 is 11.8 Å². The highest BCUT2D eigenvalue weighted by Gasteiger charge is 2.29. The molecular formula is C15H19N5O4S2. The first-order valence-electron chi connectivity index (χ1n) is 8.13. The molecule has 0 radical (unpaired) electrons. The van der Waals surface area contributed by atoms with Gasteiger partial charge in [0, 0.05) is 26.2 Å². The molecule has 1 aliphatic rings. The number of aromatic nitrogens is 3. The second-order valence-electron chi connectivity index (χ2n) is 6.04. The second kappa shape index (κ2) is 7.33. The molecule has 1 aromatic carbocycles. The molecule has 9 nitrogen and oxygen atoms in total. The van der Waals surface area contributed by atoms with Gasteiger partial charge in [0.05, 0.1) is 14.7 Å². The number of sulfonamides is 1. The monoisotopic (exact) mass is 397 g/mol. The van der Waals surface area contributed by atoms with Crippen LogP contribution in [0.1, 0.15) is 25.1 Å². The molecule has 0 amide bonds. The van der Waals surface area contributed by atoms with Gasteiger partial charge in [-0.1, -0.05) is 6.42 Å². The molecule has 11 heteroatoms. The number of rotatable bonds is 5. The fraction of sp³-hybridized carbons (Fsp3) is 0.467. The van der Waals surface area contributed by atoms with Crippen molar-refractivity contribution in [1.82, 2.24) is 19.1 Å². The highest BCUT2D eigenvalue weighted by atomic mass is 32.2. The van der Waals surface area contributed by atoms with E-state index in [2.05, 4.69) is 10.2 Å². The fourth-order valence-electron chi connectivity index (χ4n) is 2.72. The zero-order valence-corrected chi connectivity index (χ0v) is 16.1. The predicted octanol–water partition coefficient (Wildman–Crippen LogP) is 2.36. The molecule has 26 heavy (non-hydrogen) atoms.